The summed E-state index contributed by atoms with van der Waals surface area (Å²) in [6.07, 6.45) is 4.45. The summed E-state index contributed by atoms with van der Waals surface area (Å²) in [5.74, 6) is 1.16. The van der Waals surface area contributed by atoms with Crippen LogP contribution >= 0.6 is 11.6 Å². The van der Waals surface area contributed by atoms with E-state index in [4.69, 9.17) is 21.1 Å². The molecule has 3 rings (SSSR count). The van der Waals surface area contributed by atoms with Crippen molar-refractivity contribution >= 4 is 33.4 Å². The van der Waals surface area contributed by atoms with Gasteiger partial charge in [-0.3, -0.25) is 9.69 Å². The highest BCUT2D eigenvalue weighted by Crippen LogP contribution is 2.40. The van der Waals surface area contributed by atoms with Gasteiger partial charge in [0.2, 0.25) is 12.7 Å². The van der Waals surface area contributed by atoms with E-state index in [-0.39, 0.29) is 18.5 Å². The van der Waals surface area contributed by atoms with Crippen molar-refractivity contribution in [2.24, 2.45) is 0 Å². The number of hydrogen-bond donors (Lipinski definition) is 0. The third-order valence-corrected chi connectivity index (χ3v) is 5.54. The standard InChI is InChI=1S/C17H21ClN2O5S/c1-26(22,23)9-8-19-4-6-20(7-5-19)16(21)3-2-13-10-14(18)17-15(11-13)24-12-25-17/h2-3,10-11H,4-9,12H2,1H3/b3-2+. The van der Waals surface area contributed by atoms with E-state index in [0.717, 1.165) is 5.56 Å². The normalized spacial score (nSPS) is 17.8. The van der Waals surface area contributed by atoms with E-state index in [9.17, 15) is 13.2 Å². The lowest BCUT2D eigenvalue weighted by molar-refractivity contribution is -0.127. The molecule has 0 unspecified atom stereocenters. The third kappa shape index (κ3) is 4.90. The molecule has 1 aromatic rings. The van der Waals surface area contributed by atoms with Crippen LogP contribution in [0, 0.1) is 0 Å². The Balaban J connectivity index is 1.53. The van der Waals surface area contributed by atoms with Crippen molar-refractivity contribution in [1.29, 1.82) is 0 Å². The molecule has 1 saturated heterocycles. The van der Waals surface area contributed by atoms with Crippen molar-refractivity contribution in [3.8, 4) is 11.5 Å². The molecule has 0 aliphatic carbocycles. The number of carbonyl (C=O) groups is 1. The lowest BCUT2D eigenvalue weighted by Gasteiger charge is -2.34. The summed E-state index contributed by atoms with van der Waals surface area (Å²) in [6.45, 7) is 3.15. The number of nitrogens with zero attached hydrogens (tertiary/aromatic N) is 2. The number of ether oxygens (including phenoxy) is 2. The van der Waals surface area contributed by atoms with Gasteiger partial charge in [-0.05, 0) is 23.8 Å². The highest BCUT2D eigenvalue weighted by atomic mass is 35.5. The predicted octanol–water partition coefficient (Wildman–Crippen LogP) is 1.27. The number of carbonyl (C=O) groups excluding carboxylic acids is 1. The number of piperazine rings is 1. The molecule has 0 atom stereocenters. The zero-order valence-corrected chi connectivity index (χ0v) is 16.1. The average Bonchev–Trinajstić information content (AvgIpc) is 3.07. The molecule has 142 valence electrons. The quantitative estimate of drug-likeness (QED) is 0.693. The fraction of sp³-hybridized carbons (Fsp3) is 0.471. The Morgan fingerprint density at radius 1 is 1.23 bits per heavy atom. The molecule has 2 aliphatic rings. The maximum atomic E-state index is 12.3. The molecule has 1 amide bonds. The zero-order valence-electron chi connectivity index (χ0n) is 14.5. The van der Waals surface area contributed by atoms with Crippen LogP contribution in [0.25, 0.3) is 6.08 Å². The minimum absolute atomic E-state index is 0.0819. The second-order valence-corrected chi connectivity index (χ2v) is 9.03. The summed E-state index contributed by atoms with van der Waals surface area (Å²) < 4.78 is 33.0. The van der Waals surface area contributed by atoms with Gasteiger partial charge >= 0.3 is 0 Å². The fourth-order valence-electron chi connectivity index (χ4n) is 2.84. The number of fused-ring (bicyclic) bond motifs is 1. The minimum Gasteiger partial charge on any atom is -0.454 e. The second kappa shape index (κ2) is 7.85. The summed E-state index contributed by atoms with van der Waals surface area (Å²) in [4.78, 5) is 16.2. The largest absolute Gasteiger partial charge is 0.454 e. The minimum atomic E-state index is -2.96. The molecule has 0 aromatic heterocycles. The number of hydrogen-bond acceptors (Lipinski definition) is 6. The maximum Gasteiger partial charge on any atom is 0.246 e. The highest BCUT2D eigenvalue weighted by molar-refractivity contribution is 7.90. The summed E-state index contributed by atoms with van der Waals surface area (Å²) in [7, 11) is -2.96. The third-order valence-electron chi connectivity index (χ3n) is 4.33. The monoisotopic (exact) mass is 400 g/mol. The molecule has 2 aliphatic heterocycles. The van der Waals surface area contributed by atoms with Crippen LogP contribution in [0.5, 0.6) is 11.5 Å². The van der Waals surface area contributed by atoms with Crippen LogP contribution in [0.15, 0.2) is 18.2 Å². The Morgan fingerprint density at radius 2 is 1.96 bits per heavy atom. The van der Waals surface area contributed by atoms with Gasteiger partial charge in [-0.25, -0.2) is 8.42 Å². The van der Waals surface area contributed by atoms with Crippen molar-refractivity contribution in [3.05, 3.63) is 28.8 Å². The van der Waals surface area contributed by atoms with Gasteiger partial charge in [-0.1, -0.05) is 11.6 Å². The van der Waals surface area contributed by atoms with Crippen LogP contribution in [0.4, 0.5) is 0 Å². The van der Waals surface area contributed by atoms with E-state index in [1.165, 1.54) is 12.3 Å². The second-order valence-electron chi connectivity index (χ2n) is 6.37. The van der Waals surface area contributed by atoms with Crippen molar-refractivity contribution in [2.45, 2.75) is 0 Å². The van der Waals surface area contributed by atoms with Gasteiger partial charge in [0.1, 0.15) is 9.84 Å². The molecule has 7 nitrogen and oxygen atoms in total. The molecule has 0 N–H and O–H groups in total. The first-order valence-corrected chi connectivity index (χ1v) is 10.7. The van der Waals surface area contributed by atoms with E-state index in [2.05, 4.69) is 4.90 Å². The van der Waals surface area contributed by atoms with Crippen LogP contribution in [-0.2, 0) is 14.6 Å². The van der Waals surface area contributed by atoms with E-state index in [0.29, 0.717) is 49.2 Å². The number of sulfone groups is 1. The van der Waals surface area contributed by atoms with Gasteiger partial charge in [0.05, 0.1) is 10.8 Å². The van der Waals surface area contributed by atoms with Gasteiger partial charge in [0, 0.05) is 45.1 Å². The molecular weight excluding hydrogens is 380 g/mol. The van der Waals surface area contributed by atoms with Gasteiger partial charge in [0.25, 0.3) is 0 Å². The van der Waals surface area contributed by atoms with Gasteiger partial charge in [-0.15, -0.1) is 0 Å². The molecule has 0 bridgehead atoms. The van der Waals surface area contributed by atoms with Crippen molar-refractivity contribution < 1.29 is 22.7 Å². The molecule has 0 radical (unpaired) electrons. The maximum absolute atomic E-state index is 12.3. The average molecular weight is 401 g/mol. The Morgan fingerprint density at radius 3 is 2.65 bits per heavy atom. The highest BCUT2D eigenvalue weighted by Gasteiger charge is 2.21. The van der Waals surface area contributed by atoms with Crippen LogP contribution in [0.1, 0.15) is 5.56 Å². The fourth-order valence-corrected chi connectivity index (χ4v) is 3.71. The molecule has 9 heteroatoms. The van der Waals surface area contributed by atoms with Crippen LogP contribution < -0.4 is 9.47 Å². The van der Waals surface area contributed by atoms with Crippen LogP contribution in [0.3, 0.4) is 0 Å². The Labute approximate surface area is 158 Å². The molecule has 1 fully saturated rings. The van der Waals surface area contributed by atoms with Gasteiger partial charge in [-0.2, -0.15) is 0 Å². The summed E-state index contributed by atoms with van der Waals surface area (Å²) >= 11 is 6.13. The first-order chi connectivity index (χ1) is 12.3. The zero-order chi connectivity index (χ0) is 18.7. The lowest BCUT2D eigenvalue weighted by atomic mass is 10.2. The molecular formula is C17H21ClN2O5S. The van der Waals surface area contributed by atoms with Gasteiger partial charge < -0.3 is 14.4 Å². The van der Waals surface area contributed by atoms with Gasteiger partial charge in [0.15, 0.2) is 11.5 Å². The number of amides is 1. The van der Waals surface area contributed by atoms with Crippen molar-refractivity contribution in [2.75, 3.05) is 51.5 Å². The number of halogens is 1. The predicted molar refractivity (Wildman–Crippen MR) is 99.3 cm³/mol. The van der Waals surface area contributed by atoms with Crippen molar-refractivity contribution in [3.63, 3.8) is 0 Å². The first kappa shape index (κ1) is 19.0. The number of rotatable bonds is 5. The first-order valence-electron chi connectivity index (χ1n) is 8.28. The van der Waals surface area contributed by atoms with Crippen LogP contribution in [-0.4, -0.2) is 75.7 Å². The summed E-state index contributed by atoms with van der Waals surface area (Å²) in [6, 6.07) is 3.50. The molecule has 0 spiro atoms. The lowest BCUT2D eigenvalue weighted by Crippen LogP contribution is -2.49. The molecule has 2 heterocycles. The number of benzene rings is 1. The topological polar surface area (TPSA) is 76.2 Å². The summed E-state index contributed by atoms with van der Waals surface area (Å²) in [5, 5.41) is 0.451. The Bertz CT molecular complexity index is 817. The van der Waals surface area contributed by atoms with E-state index in [1.807, 2.05) is 0 Å². The van der Waals surface area contributed by atoms with Crippen LogP contribution in [0.2, 0.25) is 5.02 Å². The van der Waals surface area contributed by atoms with Crippen molar-refractivity contribution in [1.82, 2.24) is 9.80 Å². The Kier molecular flexibility index (Phi) is 5.74. The summed E-state index contributed by atoms with van der Waals surface area (Å²) in [5.41, 5.74) is 0.763. The molecule has 0 saturated carbocycles. The van der Waals surface area contributed by atoms with E-state index >= 15 is 0 Å². The SMILES string of the molecule is CS(=O)(=O)CCN1CCN(C(=O)/C=C/c2cc(Cl)c3c(c2)OCO3)CC1. The molecule has 26 heavy (non-hydrogen) atoms. The van der Waals surface area contributed by atoms with E-state index in [1.54, 1.807) is 23.1 Å². The smallest absolute Gasteiger partial charge is 0.246 e. The van der Waals surface area contributed by atoms with E-state index < -0.39 is 9.84 Å². The molecule has 1 aromatic carbocycles. The Hall–Kier alpha value is -1.77.